The van der Waals surface area contributed by atoms with Gasteiger partial charge in [-0.05, 0) is 18.9 Å². The van der Waals surface area contributed by atoms with Crippen LogP contribution in [0.25, 0.3) is 0 Å². The van der Waals surface area contributed by atoms with Gasteiger partial charge in [0.2, 0.25) is 5.91 Å². The van der Waals surface area contributed by atoms with Gasteiger partial charge < -0.3 is 15.4 Å². The summed E-state index contributed by atoms with van der Waals surface area (Å²) in [5, 5.41) is 0. The summed E-state index contributed by atoms with van der Waals surface area (Å²) in [6, 6.07) is 9.55. The molecule has 1 aromatic carbocycles. The quantitative estimate of drug-likeness (QED) is 0.926. The van der Waals surface area contributed by atoms with Gasteiger partial charge in [0.1, 0.15) is 0 Å². The lowest BCUT2D eigenvalue weighted by molar-refractivity contribution is -0.148. The lowest BCUT2D eigenvalue weighted by Gasteiger charge is -2.38. The van der Waals surface area contributed by atoms with Crippen LogP contribution in [0.5, 0.6) is 0 Å². The number of hydrogen-bond donors (Lipinski definition) is 1. The number of rotatable bonds is 4. The first kappa shape index (κ1) is 16.0. The summed E-state index contributed by atoms with van der Waals surface area (Å²) in [6.45, 7) is 7.35. The number of hydrogen-bond acceptors (Lipinski definition) is 3. The molecule has 1 aliphatic heterocycles. The number of amides is 1. The zero-order valence-corrected chi connectivity index (χ0v) is 13.2. The highest BCUT2D eigenvalue weighted by atomic mass is 16.5. The summed E-state index contributed by atoms with van der Waals surface area (Å²) < 4.78 is 5.82. The van der Waals surface area contributed by atoms with E-state index in [0.717, 1.165) is 12.0 Å². The van der Waals surface area contributed by atoms with Crippen molar-refractivity contribution in [3.8, 4) is 0 Å². The van der Waals surface area contributed by atoms with Crippen LogP contribution in [0.2, 0.25) is 0 Å². The van der Waals surface area contributed by atoms with Crippen LogP contribution in [0.1, 0.15) is 38.8 Å². The van der Waals surface area contributed by atoms with Crippen LogP contribution in [0.4, 0.5) is 0 Å². The van der Waals surface area contributed by atoms with Crippen molar-refractivity contribution in [3.63, 3.8) is 0 Å². The first-order chi connectivity index (χ1) is 10.0. The zero-order chi connectivity index (χ0) is 15.4. The monoisotopic (exact) mass is 290 g/mol. The molecule has 0 saturated carbocycles. The lowest BCUT2D eigenvalue weighted by atomic mass is 9.93. The fourth-order valence-electron chi connectivity index (χ4n) is 2.86. The maximum absolute atomic E-state index is 12.7. The third kappa shape index (κ3) is 3.83. The van der Waals surface area contributed by atoms with Crippen molar-refractivity contribution in [2.24, 2.45) is 11.7 Å². The van der Waals surface area contributed by atoms with E-state index in [0.29, 0.717) is 13.1 Å². The van der Waals surface area contributed by atoms with E-state index in [2.05, 4.69) is 6.92 Å². The minimum Gasteiger partial charge on any atom is -0.372 e. The summed E-state index contributed by atoms with van der Waals surface area (Å²) in [4.78, 5) is 14.6. The van der Waals surface area contributed by atoms with E-state index in [1.165, 1.54) is 0 Å². The van der Waals surface area contributed by atoms with Crippen LogP contribution in [0, 0.1) is 5.92 Å². The van der Waals surface area contributed by atoms with Crippen LogP contribution >= 0.6 is 0 Å². The molecule has 4 nitrogen and oxygen atoms in total. The summed E-state index contributed by atoms with van der Waals surface area (Å²) >= 11 is 0. The highest BCUT2D eigenvalue weighted by Crippen LogP contribution is 2.23. The Morgan fingerprint density at radius 3 is 2.67 bits per heavy atom. The molecule has 4 unspecified atom stereocenters. The second-order valence-electron chi connectivity index (χ2n) is 5.95. The molecule has 21 heavy (non-hydrogen) atoms. The third-order valence-electron chi connectivity index (χ3n) is 4.21. The van der Waals surface area contributed by atoms with Crippen LogP contribution in [0.15, 0.2) is 30.3 Å². The van der Waals surface area contributed by atoms with Gasteiger partial charge in [-0.15, -0.1) is 0 Å². The van der Waals surface area contributed by atoms with Gasteiger partial charge in [0, 0.05) is 19.1 Å². The molecule has 2 N–H and O–H groups in total. The molecule has 116 valence electrons. The number of nitrogens with two attached hydrogens (primary N) is 1. The molecule has 1 heterocycles. The van der Waals surface area contributed by atoms with Gasteiger partial charge in [-0.1, -0.05) is 44.2 Å². The van der Waals surface area contributed by atoms with E-state index in [4.69, 9.17) is 10.5 Å². The Balaban J connectivity index is 2.04. The van der Waals surface area contributed by atoms with Crippen molar-refractivity contribution in [2.75, 3.05) is 13.1 Å². The highest BCUT2D eigenvalue weighted by Gasteiger charge is 2.32. The number of benzene rings is 1. The molecule has 4 atom stereocenters. The average Bonchev–Trinajstić information content (AvgIpc) is 2.52. The molecule has 1 saturated heterocycles. The van der Waals surface area contributed by atoms with Gasteiger partial charge in [0.25, 0.3) is 0 Å². The van der Waals surface area contributed by atoms with Crippen molar-refractivity contribution in [2.45, 2.75) is 45.4 Å². The standard InChI is InChI=1S/C17H26N2O2/c1-4-15-11-19(10-12(2)21-15)17(20)13(3)16(18)14-8-6-5-7-9-14/h5-9,12-13,15-16H,4,10-11,18H2,1-3H3. The Bertz CT molecular complexity index is 463. The lowest BCUT2D eigenvalue weighted by Crippen LogP contribution is -2.51. The Kier molecular flexibility index (Phi) is 5.37. The van der Waals surface area contributed by atoms with Gasteiger partial charge in [0.15, 0.2) is 0 Å². The van der Waals surface area contributed by atoms with Crippen LogP contribution in [0.3, 0.4) is 0 Å². The number of ether oxygens (including phenoxy) is 1. The Labute approximate surface area is 127 Å². The number of morpholine rings is 1. The predicted molar refractivity (Wildman–Crippen MR) is 83.7 cm³/mol. The van der Waals surface area contributed by atoms with Crippen molar-refractivity contribution in [1.82, 2.24) is 4.90 Å². The largest absolute Gasteiger partial charge is 0.372 e. The SMILES string of the molecule is CCC1CN(C(=O)C(C)C(N)c2ccccc2)CC(C)O1. The van der Waals surface area contributed by atoms with Gasteiger partial charge >= 0.3 is 0 Å². The maximum atomic E-state index is 12.7. The molecule has 0 bridgehead atoms. The van der Waals surface area contributed by atoms with Gasteiger partial charge in [-0.25, -0.2) is 0 Å². The first-order valence-corrected chi connectivity index (χ1v) is 7.77. The summed E-state index contributed by atoms with van der Waals surface area (Å²) in [7, 11) is 0. The second-order valence-corrected chi connectivity index (χ2v) is 5.95. The van der Waals surface area contributed by atoms with E-state index in [1.54, 1.807) is 0 Å². The Morgan fingerprint density at radius 2 is 2.05 bits per heavy atom. The highest BCUT2D eigenvalue weighted by molar-refractivity contribution is 5.79. The fraction of sp³-hybridized carbons (Fsp3) is 0.588. The van der Waals surface area contributed by atoms with Crippen molar-refractivity contribution in [3.05, 3.63) is 35.9 Å². The number of carbonyl (C=O) groups is 1. The molecule has 0 aliphatic carbocycles. The molecular weight excluding hydrogens is 264 g/mol. The molecule has 1 amide bonds. The van der Waals surface area contributed by atoms with E-state index in [1.807, 2.05) is 49.1 Å². The van der Waals surface area contributed by atoms with Crippen molar-refractivity contribution < 1.29 is 9.53 Å². The van der Waals surface area contributed by atoms with E-state index in [9.17, 15) is 4.79 Å². The summed E-state index contributed by atoms with van der Waals surface area (Å²) in [6.07, 6.45) is 1.15. The topological polar surface area (TPSA) is 55.6 Å². The van der Waals surface area contributed by atoms with Gasteiger partial charge in [0.05, 0.1) is 18.1 Å². The second kappa shape index (κ2) is 7.05. The minimum absolute atomic E-state index is 0.0906. The molecule has 1 aromatic rings. The van der Waals surface area contributed by atoms with Crippen molar-refractivity contribution in [1.29, 1.82) is 0 Å². The van der Waals surface area contributed by atoms with E-state index in [-0.39, 0.29) is 30.1 Å². The maximum Gasteiger partial charge on any atom is 0.227 e. The molecular formula is C17H26N2O2. The summed E-state index contributed by atoms with van der Waals surface area (Å²) in [5.41, 5.74) is 7.28. The molecule has 0 spiro atoms. The average molecular weight is 290 g/mol. The van der Waals surface area contributed by atoms with Crippen LogP contribution in [-0.2, 0) is 9.53 Å². The van der Waals surface area contributed by atoms with Crippen LogP contribution < -0.4 is 5.73 Å². The van der Waals surface area contributed by atoms with E-state index < -0.39 is 0 Å². The molecule has 4 heteroatoms. The smallest absolute Gasteiger partial charge is 0.227 e. The van der Waals surface area contributed by atoms with Gasteiger partial charge in [-0.2, -0.15) is 0 Å². The molecule has 0 radical (unpaired) electrons. The molecule has 1 aliphatic rings. The Morgan fingerprint density at radius 1 is 1.38 bits per heavy atom. The number of carbonyl (C=O) groups excluding carboxylic acids is 1. The predicted octanol–water partition coefficient (Wildman–Crippen LogP) is 2.35. The summed E-state index contributed by atoms with van der Waals surface area (Å²) in [5.74, 6) is -0.102. The fourth-order valence-corrected chi connectivity index (χ4v) is 2.86. The van der Waals surface area contributed by atoms with Crippen LogP contribution in [-0.4, -0.2) is 36.1 Å². The molecule has 2 rings (SSSR count). The molecule has 1 fully saturated rings. The van der Waals surface area contributed by atoms with E-state index >= 15 is 0 Å². The minimum atomic E-state index is -0.267. The normalized spacial score (nSPS) is 25.4. The molecule has 0 aromatic heterocycles. The van der Waals surface area contributed by atoms with Crippen molar-refractivity contribution >= 4 is 5.91 Å². The first-order valence-electron chi connectivity index (χ1n) is 7.77. The number of nitrogens with zero attached hydrogens (tertiary/aromatic N) is 1. The van der Waals surface area contributed by atoms with Gasteiger partial charge in [-0.3, -0.25) is 4.79 Å². The third-order valence-corrected chi connectivity index (χ3v) is 4.21. The Hall–Kier alpha value is -1.39. The zero-order valence-electron chi connectivity index (χ0n) is 13.2.